The maximum Gasteiger partial charge on any atom is 0.249 e. The van der Waals surface area contributed by atoms with E-state index in [0.29, 0.717) is 13.0 Å². The Hall–Kier alpha value is -2.16. The second-order valence-electron chi connectivity index (χ2n) is 13.1. The van der Waals surface area contributed by atoms with Gasteiger partial charge in [0.25, 0.3) is 0 Å². The molecule has 8 heteroatoms. The van der Waals surface area contributed by atoms with Crippen molar-refractivity contribution in [1.82, 2.24) is 5.32 Å². The van der Waals surface area contributed by atoms with Crippen molar-refractivity contribution in [3.8, 4) is 0 Å². The summed E-state index contributed by atoms with van der Waals surface area (Å²) < 4.78 is 11.5. The van der Waals surface area contributed by atoms with Gasteiger partial charge in [0, 0.05) is 35.4 Å². The Morgan fingerprint density at radius 2 is 1.43 bits per heavy atom. The van der Waals surface area contributed by atoms with Gasteiger partial charge in [-0.2, -0.15) is 0 Å². The van der Waals surface area contributed by atoms with Gasteiger partial charge in [0.1, 0.15) is 6.10 Å². The van der Waals surface area contributed by atoms with Crippen LogP contribution in [0.3, 0.4) is 0 Å². The number of amides is 2. The van der Waals surface area contributed by atoms with Crippen molar-refractivity contribution in [3.63, 3.8) is 0 Å². The molecular formula is C36H58N2O5S. The molecule has 1 unspecified atom stereocenters. The number of benzene rings is 1. The quantitative estimate of drug-likeness (QED) is 0.0800. The number of carbonyl (C=O) groups excluding carboxylic acids is 3. The van der Waals surface area contributed by atoms with Crippen LogP contribution in [-0.2, 0) is 23.9 Å². The lowest BCUT2D eigenvalue weighted by atomic mass is 9.85. The van der Waals surface area contributed by atoms with Crippen LogP contribution in [0.1, 0.15) is 131 Å². The molecule has 1 atom stereocenters. The maximum absolute atomic E-state index is 12.7. The number of thioether (sulfide) groups is 1. The van der Waals surface area contributed by atoms with Crippen molar-refractivity contribution >= 4 is 34.4 Å². The normalized spacial score (nSPS) is 17.4. The van der Waals surface area contributed by atoms with Crippen LogP contribution in [0.4, 0.5) is 5.69 Å². The highest BCUT2D eigenvalue weighted by molar-refractivity contribution is 8.13. The molecule has 2 rings (SSSR count). The van der Waals surface area contributed by atoms with Crippen molar-refractivity contribution in [2.45, 2.75) is 148 Å². The molecule has 0 radical (unpaired) electrons. The zero-order chi connectivity index (χ0) is 32.3. The van der Waals surface area contributed by atoms with Gasteiger partial charge in [0.15, 0.2) is 10.9 Å². The maximum atomic E-state index is 12.7. The number of anilines is 1. The topological polar surface area (TPSA) is 93.7 Å². The number of rotatable bonds is 21. The van der Waals surface area contributed by atoms with E-state index in [9.17, 15) is 14.4 Å². The summed E-state index contributed by atoms with van der Waals surface area (Å²) in [4.78, 5) is 38.3. The number of unbranched alkanes of at least 4 members (excludes halogenated alkanes) is 11. The second kappa shape index (κ2) is 20.8. The number of nitrogens with one attached hydrogen (secondary N) is 2. The van der Waals surface area contributed by atoms with Gasteiger partial charge >= 0.3 is 0 Å². The minimum atomic E-state index is -0.821. The van der Waals surface area contributed by atoms with Gasteiger partial charge in [0.05, 0.1) is 6.61 Å². The summed E-state index contributed by atoms with van der Waals surface area (Å²) in [6.45, 7) is 10.4. The molecule has 1 aromatic rings. The minimum absolute atomic E-state index is 0.0231. The van der Waals surface area contributed by atoms with Gasteiger partial charge in [-0.05, 0) is 70.2 Å². The summed E-state index contributed by atoms with van der Waals surface area (Å²) in [5, 5.41) is 5.75. The van der Waals surface area contributed by atoms with Crippen molar-refractivity contribution < 1.29 is 23.9 Å². The molecule has 2 N–H and O–H groups in total. The van der Waals surface area contributed by atoms with Gasteiger partial charge in [-0.25, -0.2) is 0 Å². The Morgan fingerprint density at radius 1 is 0.841 bits per heavy atom. The van der Waals surface area contributed by atoms with Crippen LogP contribution in [0.15, 0.2) is 41.3 Å². The predicted octanol–water partition coefficient (Wildman–Crippen LogP) is 8.97. The predicted molar refractivity (Wildman–Crippen MR) is 182 cm³/mol. The van der Waals surface area contributed by atoms with E-state index in [4.69, 9.17) is 9.47 Å². The molecule has 0 saturated carbocycles. The zero-order valence-electron chi connectivity index (χ0n) is 28.0. The Balaban J connectivity index is 1.52. The first kappa shape index (κ1) is 38.0. The SMILES string of the molecule is CCCCCCCCC=CCCCCCCCC(=O)Nc1ccc(SC(=O)CCNC(=O)C2OC(C)(C)OCC2(C)C)cc1. The van der Waals surface area contributed by atoms with Crippen molar-refractivity contribution in [2.75, 3.05) is 18.5 Å². The molecule has 0 aromatic heterocycles. The monoisotopic (exact) mass is 630 g/mol. The average molecular weight is 631 g/mol. The minimum Gasteiger partial charge on any atom is -0.353 e. The van der Waals surface area contributed by atoms with E-state index in [0.717, 1.165) is 41.6 Å². The molecule has 1 aromatic carbocycles. The zero-order valence-corrected chi connectivity index (χ0v) is 28.8. The molecule has 1 heterocycles. The lowest BCUT2D eigenvalue weighted by Crippen LogP contribution is -2.56. The van der Waals surface area contributed by atoms with Gasteiger partial charge < -0.3 is 20.1 Å². The molecular weight excluding hydrogens is 572 g/mol. The molecule has 0 aliphatic carbocycles. The van der Waals surface area contributed by atoms with E-state index in [1.54, 1.807) is 13.8 Å². The number of ether oxygens (including phenoxy) is 2. The number of allylic oxidation sites excluding steroid dienone is 2. The summed E-state index contributed by atoms with van der Waals surface area (Å²) in [5.41, 5.74) is 0.272. The standard InChI is InChI=1S/C36H58N2O5S/c1-6-7-8-9-10-11-12-13-14-15-16-17-18-19-20-21-31(39)38-29-22-24-30(25-23-29)44-32(40)26-27-37-34(41)33-35(2,3)28-42-36(4,5)43-33/h13-14,22-25,33H,6-12,15-21,26-28H2,1-5H3,(H,37,41)(H,38,39). The van der Waals surface area contributed by atoms with E-state index in [1.165, 1.54) is 64.2 Å². The Morgan fingerprint density at radius 3 is 2.07 bits per heavy atom. The van der Waals surface area contributed by atoms with E-state index < -0.39 is 17.3 Å². The fourth-order valence-corrected chi connectivity index (χ4v) is 5.81. The molecule has 2 amide bonds. The second-order valence-corrected chi connectivity index (χ2v) is 14.2. The highest BCUT2D eigenvalue weighted by Crippen LogP contribution is 2.35. The van der Waals surface area contributed by atoms with Crippen LogP contribution < -0.4 is 10.6 Å². The fraction of sp³-hybridized carbons (Fsp3) is 0.694. The molecule has 44 heavy (non-hydrogen) atoms. The summed E-state index contributed by atoms with van der Waals surface area (Å²) >= 11 is 1.13. The third-order valence-corrected chi connectivity index (χ3v) is 8.74. The molecule has 7 nitrogen and oxygen atoms in total. The van der Waals surface area contributed by atoms with E-state index in [-0.39, 0.29) is 29.9 Å². The third-order valence-electron chi connectivity index (χ3n) is 7.81. The number of hydrogen-bond donors (Lipinski definition) is 2. The largest absolute Gasteiger partial charge is 0.353 e. The number of hydrogen-bond acceptors (Lipinski definition) is 6. The highest BCUT2D eigenvalue weighted by atomic mass is 32.2. The Labute approximate surface area is 271 Å². The van der Waals surface area contributed by atoms with Gasteiger partial charge in [-0.1, -0.05) is 96.1 Å². The first-order valence-electron chi connectivity index (χ1n) is 16.9. The first-order chi connectivity index (χ1) is 21.0. The van der Waals surface area contributed by atoms with Crippen LogP contribution >= 0.6 is 11.8 Å². The van der Waals surface area contributed by atoms with Crippen LogP contribution in [-0.4, -0.2) is 42.0 Å². The molecule has 0 bridgehead atoms. The van der Waals surface area contributed by atoms with Crippen molar-refractivity contribution in [3.05, 3.63) is 36.4 Å². The summed E-state index contributed by atoms with van der Waals surface area (Å²) in [6.07, 6.45) is 20.9. The lowest BCUT2D eigenvalue weighted by molar-refractivity contribution is -0.304. The average Bonchev–Trinajstić information content (AvgIpc) is 2.97. The van der Waals surface area contributed by atoms with Crippen molar-refractivity contribution in [1.29, 1.82) is 0 Å². The van der Waals surface area contributed by atoms with Gasteiger partial charge in [0.2, 0.25) is 11.8 Å². The summed E-state index contributed by atoms with van der Waals surface area (Å²) in [7, 11) is 0. The summed E-state index contributed by atoms with van der Waals surface area (Å²) in [6, 6.07) is 7.31. The van der Waals surface area contributed by atoms with E-state index in [2.05, 4.69) is 29.7 Å². The van der Waals surface area contributed by atoms with Gasteiger partial charge in [-0.3, -0.25) is 14.4 Å². The molecule has 1 fully saturated rings. The van der Waals surface area contributed by atoms with Crippen LogP contribution in [0.5, 0.6) is 0 Å². The van der Waals surface area contributed by atoms with Crippen molar-refractivity contribution in [2.24, 2.45) is 5.41 Å². The smallest absolute Gasteiger partial charge is 0.249 e. The Bertz CT molecular complexity index is 1020. The van der Waals surface area contributed by atoms with Crippen LogP contribution in [0.25, 0.3) is 0 Å². The Kier molecular flexibility index (Phi) is 18.0. The first-order valence-corrected chi connectivity index (χ1v) is 17.7. The fourth-order valence-electron chi connectivity index (χ4n) is 5.07. The molecule has 1 saturated heterocycles. The molecule has 1 aliphatic heterocycles. The third kappa shape index (κ3) is 16.2. The highest BCUT2D eigenvalue weighted by Gasteiger charge is 2.45. The van der Waals surface area contributed by atoms with Crippen LogP contribution in [0.2, 0.25) is 0 Å². The lowest BCUT2D eigenvalue weighted by Gasteiger charge is -2.44. The van der Waals surface area contributed by atoms with Crippen LogP contribution in [0, 0.1) is 5.41 Å². The summed E-state index contributed by atoms with van der Waals surface area (Å²) in [5.74, 6) is -1.03. The van der Waals surface area contributed by atoms with Gasteiger partial charge in [-0.15, -0.1) is 0 Å². The number of carbonyl (C=O) groups is 3. The molecule has 1 aliphatic rings. The van der Waals surface area contributed by atoms with E-state index in [1.807, 2.05) is 38.1 Å². The van der Waals surface area contributed by atoms with E-state index >= 15 is 0 Å². The molecule has 0 spiro atoms. The molecule has 248 valence electrons.